The highest BCUT2D eigenvalue weighted by molar-refractivity contribution is 6.31. The van der Waals surface area contributed by atoms with Crippen molar-refractivity contribution in [2.24, 2.45) is 0 Å². The topological polar surface area (TPSA) is 75.6 Å². The Morgan fingerprint density at radius 2 is 1.93 bits per heavy atom. The fourth-order valence-electron chi connectivity index (χ4n) is 2.40. The minimum Gasteiger partial charge on any atom is -0.479 e. The van der Waals surface area contributed by atoms with E-state index >= 15 is 0 Å². The van der Waals surface area contributed by atoms with Crippen LogP contribution in [0.15, 0.2) is 36.4 Å². The summed E-state index contributed by atoms with van der Waals surface area (Å²) in [4.78, 5) is 23.4. The summed E-state index contributed by atoms with van der Waals surface area (Å²) < 4.78 is 20.1. The summed E-state index contributed by atoms with van der Waals surface area (Å²) in [7, 11) is 0. The smallest absolute Gasteiger partial charge is 0.344 e. The highest BCUT2D eigenvalue weighted by Gasteiger charge is 2.22. The minimum atomic E-state index is -1.13. The molecule has 5 nitrogen and oxygen atoms in total. The zero-order valence-corrected chi connectivity index (χ0v) is 16.9. The van der Waals surface area contributed by atoms with Crippen LogP contribution in [0.3, 0.4) is 0 Å². The van der Waals surface area contributed by atoms with E-state index < -0.39 is 29.3 Å². The molecule has 0 aliphatic heterocycles. The number of ether oxygens (including phenoxy) is 1. The SMILES string of the molecule is CCC(C)(C)NC(=O)c1ccc(-c2cc(Cl)ccc2O[C@@H](C)C(=O)O)cc1F. The second-order valence-electron chi connectivity index (χ2n) is 7.12. The number of nitrogens with one attached hydrogen (secondary N) is 1. The van der Waals surface area contributed by atoms with Gasteiger partial charge in [0.25, 0.3) is 5.91 Å². The number of benzene rings is 2. The van der Waals surface area contributed by atoms with Crippen LogP contribution in [0, 0.1) is 5.82 Å². The maximum absolute atomic E-state index is 14.7. The largest absolute Gasteiger partial charge is 0.479 e. The molecule has 150 valence electrons. The van der Waals surface area contributed by atoms with Gasteiger partial charge in [-0.1, -0.05) is 24.6 Å². The van der Waals surface area contributed by atoms with Crippen molar-refractivity contribution in [2.75, 3.05) is 0 Å². The molecule has 0 aliphatic carbocycles. The van der Waals surface area contributed by atoms with Crippen molar-refractivity contribution in [3.63, 3.8) is 0 Å². The first-order chi connectivity index (χ1) is 13.0. The molecular formula is C21H23ClFNO4. The van der Waals surface area contributed by atoms with Gasteiger partial charge in [-0.3, -0.25) is 4.79 Å². The summed E-state index contributed by atoms with van der Waals surface area (Å²) in [5.74, 6) is -2.07. The number of halogens is 2. The molecule has 1 amide bonds. The van der Waals surface area contributed by atoms with E-state index in [9.17, 15) is 14.0 Å². The highest BCUT2D eigenvalue weighted by Crippen LogP contribution is 2.34. The van der Waals surface area contributed by atoms with Gasteiger partial charge in [-0.15, -0.1) is 0 Å². The average molecular weight is 408 g/mol. The summed E-state index contributed by atoms with van der Waals surface area (Å²) in [6.07, 6.45) is -0.394. The number of carboxylic acid groups (broad SMARTS) is 1. The predicted molar refractivity (Wildman–Crippen MR) is 106 cm³/mol. The van der Waals surface area contributed by atoms with Gasteiger partial charge in [0.05, 0.1) is 5.56 Å². The Morgan fingerprint density at radius 3 is 2.50 bits per heavy atom. The normalized spacial score (nSPS) is 12.4. The molecular weight excluding hydrogens is 385 g/mol. The van der Waals surface area contributed by atoms with Crippen LogP contribution in [0.4, 0.5) is 4.39 Å². The first-order valence-electron chi connectivity index (χ1n) is 8.85. The van der Waals surface area contributed by atoms with Gasteiger partial charge in [0.2, 0.25) is 0 Å². The van der Waals surface area contributed by atoms with Gasteiger partial charge in [0.15, 0.2) is 6.10 Å². The van der Waals surface area contributed by atoms with Crippen molar-refractivity contribution < 1.29 is 23.8 Å². The van der Waals surface area contributed by atoms with Crippen LogP contribution in [0.2, 0.25) is 5.02 Å². The average Bonchev–Trinajstić information content (AvgIpc) is 2.62. The summed E-state index contributed by atoms with van der Waals surface area (Å²) in [6, 6.07) is 8.80. The lowest BCUT2D eigenvalue weighted by Gasteiger charge is -2.24. The van der Waals surface area contributed by atoms with E-state index in [1.807, 2.05) is 20.8 Å². The molecule has 0 spiro atoms. The molecule has 2 aromatic carbocycles. The van der Waals surface area contributed by atoms with E-state index in [4.69, 9.17) is 21.4 Å². The Labute approximate surface area is 168 Å². The second-order valence-corrected chi connectivity index (χ2v) is 7.56. The summed E-state index contributed by atoms with van der Waals surface area (Å²) in [5, 5.41) is 12.2. The molecule has 0 heterocycles. The lowest BCUT2D eigenvalue weighted by atomic mass is 9.99. The summed E-state index contributed by atoms with van der Waals surface area (Å²) >= 11 is 6.05. The Hall–Kier alpha value is -2.60. The van der Waals surface area contributed by atoms with Crippen molar-refractivity contribution in [1.82, 2.24) is 5.32 Å². The van der Waals surface area contributed by atoms with E-state index in [0.29, 0.717) is 22.6 Å². The van der Waals surface area contributed by atoms with Gasteiger partial charge in [0.1, 0.15) is 11.6 Å². The van der Waals surface area contributed by atoms with E-state index in [1.165, 1.54) is 25.1 Å². The summed E-state index contributed by atoms with van der Waals surface area (Å²) in [6.45, 7) is 7.04. The maximum atomic E-state index is 14.7. The van der Waals surface area contributed by atoms with Gasteiger partial charge in [-0.25, -0.2) is 9.18 Å². The highest BCUT2D eigenvalue weighted by atomic mass is 35.5. The van der Waals surface area contributed by atoms with E-state index in [1.54, 1.807) is 18.2 Å². The lowest BCUT2D eigenvalue weighted by molar-refractivity contribution is -0.144. The molecule has 0 aliphatic rings. The molecule has 28 heavy (non-hydrogen) atoms. The fraction of sp³-hybridized carbons (Fsp3) is 0.333. The molecule has 0 radical (unpaired) electrons. The maximum Gasteiger partial charge on any atom is 0.344 e. The molecule has 0 unspecified atom stereocenters. The van der Waals surface area contributed by atoms with Crippen LogP contribution < -0.4 is 10.1 Å². The molecule has 0 saturated carbocycles. The monoisotopic (exact) mass is 407 g/mol. The second kappa shape index (κ2) is 8.61. The van der Waals surface area contributed by atoms with Gasteiger partial charge < -0.3 is 15.2 Å². The third kappa shape index (κ3) is 5.23. The van der Waals surface area contributed by atoms with Gasteiger partial charge in [-0.05, 0) is 63.1 Å². The third-order valence-electron chi connectivity index (χ3n) is 4.45. The number of hydrogen-bond acceptors (Lipinski definition) is 3. The Kier molecular flexibility index (Phi) is 6.67. The standard InChI is InChI=1S/C21H23ClFNO4/c1-5-21(3,4)24-19(25)15-8-6-13(10-17(15)23)16-11-14(22)7-9-18(16)28-12(2)20(26)27/h6-12H,5H2,1-4H3,(H,24,25)(H,26,27)/t12-/m0/s1. The first kappa shape index (κ1) is 21.7. The molecule has 0 bridgehead atoms. The van der Waals surface area contributed by atoms with E-state index in [0.717, 1.165) is 0 Å². The zero-order chi connectivity index (χ0) is 21.1. The third-order valence-corrected chi connectivity index (χ3v) is 4.69. The number of carbonyl (C=O) groups excluding carboxylic acids is 1. The van der Waals surface area contributed by atoms with Gasteiger partial charge in [-0.2, -0.15) is 0 Å². The van der Waals surface area contributed by atoms with Crippen LogP contribution in [-0.4, -0.2) is 28.6 Å². The number of rotatable bonds is 7. The Bertz CT molecular complexity index is 898. The van der Waals surface area contributed by atoms with Gasteiger partial charge in [0, 0.05) is 16.1 Å². The Balaban J connectivity index is 2.39. The van der Waals surface area contributed by atoms with Crippen molar-refractivity contribution in [2.45, 2.75) is 45.8 Å². The molecule has 0 aromatic heterocycles. The molecule has 1 atom stereocenters. The molecule has 2 N–H and O–H groups in total. The van der Waals surface area contributed by atoms with Crippen molar-refractivity contribution >= 4 is 23.5 Å². The van der Waals surface area contributed by atoms with E-state index in [-0.39, 0.29) is 11.3 Å². The summed E-state index contributed by atoms with van der Waals surface area (Å²) in [5.41, 5.74) is 0.316. The fourth-order valence-corrected chi connectivity index (χ4v) is 2.57. The van der Waals surface area contributed by atoms with Crippen LogP contribution in [0.1, 0.15) is 44.5 Å². The molecule has 2 rings (SSSR count). The number of carbonyl (C=O) groups is 2. The molecule has 7 heteroatoms. The van der Waals surface area contributed by atoms with Crippen molar-refractivity contribution in [3.05, 3.63) is 52.8 Å². The predicted octanol–water partition coefficient (Wildman–Crippen LogP) is 4.92. The Morgan fingerprint density at radius 1 is 1.25 bits per heavy atom. The quantitative estimate of drug-likeness (QED) is 0.683. The number of carboxylic acids is 1. The lowest BCUT2D eigenvalue weighted by Crippen LogP contribution is -2.43. The van der Waals surface area contributed by atoms with Crippen LogP contribution in [0.5, 0.6) is 5.75 Å². The van der Waals surface area contributed by atoms with Crippen molar-refractivity contribution in [1.29, 1.82) is 0 Å². The van der Waals surface area contributed by atoms with Gasteiger partial charge >= 0.3 is 5.97 Å². The van der Waals surface area contributed by atoms with Crippen LogP contribution >= 0.6 is 11.6 Å². The number of hydrogen-bond donors (Lipinski definition) is 2. The first-order valence-corrected chi connectivity index (χ1v) is 9.23. The van der Waals surface area contributed by atoms with Crippen molar-refractivity contribution in [3.8, 4) is 16.9 Å². The number of aliphatic carboxylic acids is 1. The number of amides is 1. The molecule has 2 aromatic rings. The van der Waals surface area contributed by atoms with Crippen LogP contribution in [0.25, 0.3) is 11.1 Å². The minimum absolute atomic E-state index is 0.0753. The van der Waals surface area contributed by atoms with E-state index in [2.05, 4.69) is 5.32 Å². The zero-order valence-electron chi connectivity index (χ0n) is 16.2. The molecule has 0 fully saturated rings. The van der Waals surface area contributed by atoms with Crippen LogP contribution in [-0.2, 0) is 4.79 Å². The molecule has 0 saturated heterocycles.